The molecule has 29 heavy (non-hydrogen) atoms. The number of fused-ring (bicyclic) bond motifs is 4. The average Bonchev–Trinajstić information content (AvgIpc) is 3.19. The number of amides is 1. The van der Waals surface area contributed by atoms with Crippen molar-refractivity contribution >= 4 is 23.3 Å². The van der Waals surface area contributed by atoms with Gasteiger partial charge in [0.05, 0.1) is 17.4 Å². The first-order valence-corrected chi connectivity index (χ1v) is 10.2. The highest BCUT2D eigenvalue weighted by Gasteiger charge is 2.42. The molecule has 6 nitrogen and oxygen atoms in total. The molecule has 148 valence electrons. The lowest BCUT2D eigenvalue weighted by molar-refractivity contribution is -0.148. The van der Waals surface area contributed by atoms with Gasteiger partial charge in [-0.1, -0.05) is 48.5 Å². The third-order valence-corrected chi connectivity index (χ3v) is 5.94. The highest BCUT2D eigenvalue weighted by molar-refractivity contribution is 6.18. The number of carbonyl (C=O) groups excluding carboxylic acids is 2. The molecule has 2 fully saturated rings. The van der Waals surface area contributed by atoms with Gasteiger partial charge in [0.25, 0.3) is 0 Å². The van der Waals surface area contributed by atoms with Crippen LogP contribution in [0.1, 0.15) is 30.4 Å². The molecule has 2 saturated heterocycles. The molecule has 0 aliphatic carbocycles. The van der Waals surface area contributed by atoms with Crippen molar-refractivity contribution in [2.45, 2.75) is 31.5 Å². The fraction of sp³-hybridized carbons (Fsp3) is 0.348. The van der Waals surface area contributed by atoms with Gasteiger partial charge < -0.3 is 4.74 Å². The minimum absolute atomic E-state index is 0.0135. The normalized spacial score (nSPS) is 24.8. The van der Waals surface area contributed by atoms with Gasteiger partial charge in [0, 0.05) is 24.1 Å². The van der Waals surface area contributed by atoms with E-state index in [2.05, 4.69) is 9.89 Å². The molecule has 0 aromatic heterocycles. The number of ether oxygens (including phenoxy) is 1. The van der Waals surface area contributed by atoms with E-state index in [1.54, 1.807) is 4.90 Å². The van der Waals surface area contributed by atoms with E-state index in [0.717, 1.165) is 42.7 Å². The Bertz CT molecular complexity index is 972. The molecule has 0 bridgehead atoms. The predicted molar refractivity (Wildman–Crippen MR) is 110 cm³/mol. The van der Waals surface area contributed by atoms with E-state index < -0.39 is 12.2 Å². The second-order valence-corrected chi connectivity index (χ2v) is 7.68. The molecule has 2 atom stereocenters. The molecule has 1 unspecified atom stereocenters. The Morgan fingerprint density at radius 1 is 0.931 bits per heavy atom. The van der Waals surface area contributed by atoms with Gasteiger partial charge in [-0.15, -0.1) is 0 Å². The lowest BCUT2D eigenvalue weighted by Gasteiger charge is -2.31. The number of benzene rings is 2. The van der Waals surface area contributed by atoms with Gasteiger partial charge in [0.2, 0.25) is 5.91 Å². The van der Waals surface area contributed by atoms with Crippen LogP contribution in [0.4, 0.5) is 5.69 Å². The standard InChI is InChI=1S/C23H23N3O3/c27-21-15-24-22(16-7-2-1-3-8-16)17-9-4-5-10-18(17)26-20(29-21)12-14-25-13-6-11-19(25)23(26)28/h1-5,7-10,19-20H,6,11-15H2/t19-,20?/m1/s1. The monoisotopic (exact) mass is 389 g/mol. The molecule has 0 N–H and O–H groups in total. The van der Waals surface area contributed by atoms with Crippen molar-refractivity contribution < 1.29 is 14.3 Å². The number of hydrogen-bond donors (Lipinski definition) is 0. The number of hydrogen-bond acceptors (Lipinski definition) is 5. The maximum Gasteiger partial charge on any atom is 0.329 e. The van der Waals surface area contributed by atoms with E-state index in [1.807, 2.05) is 54.6 Å². The molecule has 3 aliphatic heterocycles. The van der Waals surface area contributed by atoms with E-state index in [9.17, 15) is 9.59 Å². The predicted octanol–water partition coefficient (Wildman–Crippen LogP) is 2.61. The molecule has 0 radical (unpaired) electrons. The highest BCUT2D eigenvalue weighted by atomic mass is 16.6. The number of esters is 1. The van der Waals surface area contributed by atoms with E-state index in [1.165, 1.54) is 0 Å². The van der Waals surface area contributed by atoms with Gasteiger partial charge in [-0.3, -0.25) is 19.6 Å². The lowest BCUT2D eigenvalue weighted by Crippen LogP contribution is -2.47. The molecular weight excluding hydrogens is 366 g/mol. The quantitative estimate of drug-likeness (QED) is 0.704. The van der Waals surface area contributed by atoms with Crippen LogP contribution in [0.5, 0.6) is 0 Å². The summed E-state index contributed by atoms with van der Waals surface area (Å²) in [5, 5.41) is 0. The SMILES string of the molecule is O=C1CN=C(c2ccccc2)c2ccccc2N2C(=O)[C@H]3CCCN3CCC2O1. The van der Waals surface area contributed by atoms with E-state index in [-0.39, 0.29) is 18.5 Å². The number of rotatable bonds is 1. The number of para-hydroxylation sites is 1. The summed E-state index contributed by atoms with van der Waals surface area (Å²) in [6.45, 7) is 1.60. The summed E-state index contributed by atoms with van der Waals surface area (Å²) < 4.78 is 5.76. The van der Waals surface area contributed by atoms with Gasteiger partial charge in [-0.2, -0.15) is 0 Å². The van der Waals surface area contributed by atoms with Crippen LogP contribution in [0.25, 0.3) is 0 Å². The molecule has 2 aromatic rings. The van der Waals surface area contributed by atoms with Crippen molar-refractivity contribution in [1.29, 1.82) is 0 Å². The van der Waals surface area contributed by atoms with E-state index in [4.69, 9.17) is 4.74 Å². The zero-order chi connectivity index (χ0) is 19.8. The lowest BCUT2D eigenvalue weighted by atomic mass is 9.99. The summed E-state index contributed by atoms with van der Waals surface area (Å²) in [6.07, 6.45) is 1.86. The third kappa shape index (κ3) is 3.23. The van der Waals surface area contributed by atoms with Crippen LogP contribution in [0.3, 0.4) is 0 Å². The maximum atomic E-state index is 13.6. The summed E-state index contributed by atoms with van der Waals surface area (Å²) in [5.41, 5.74) is 3.23. The van der Waals surface area contributed by atoms with Crippen LogP contribution in [-0.2, 0) is 14.3 Å². The molecule has 6 heteroatoms. The summed E-state index contributed by atoms with van der Waals surface area (Å²) in [6, 6.07) is 17.4. The van der Waals surface area contributed by atoms with Crippen molar-refractivity contribution in [2.24, 2.45) is 4.99 Å². The first-order chi connectivity index (χ1) is 14.2. The Kier molecular flexibility index (Phi) is 4.64. The molecule has 3 heterocycles. The smallest absolute Gasteiger partial charge is 0.329 e. The van der Waals surface area contributed by atoms with Crippen LogP contribution in [-0.4, -0.2) is 54.4 Å². The van der Waals surface area contributed by atoms with Crippen LogP contribution < -0.4 is 4.90 Å². The van der Waals surface area contributed by atoms with Crippen molar-refractivity contribution in [2.75, 3.05) is 24.5 Å². The minimum atomic E-state index is -0.605. The zero-order valence-electron chi connectivity index (χ0n) is 16.2. The largest absolute Gasteiger partial charge is 0.440 e. The Hall–Kier alpha value is -2.99. The van der Waals surface area contributed by atoms with Crippen molar-refractivity contribution in [1.82, 2.24) is 4.90 Å². The second kappa shape index (κ2) is 7.44. The average molecular weight is 389 g/mol. The van der Waals surface area contributed by atoms with Gasteiger partial charge >= 0.3 is 5.97 Å². The Morgan fingerprint density at radius 3 is 2.59 bits per heavy atom. The topological polar surface area (TPSA) is 62.2 Å². The fourth-order valence-electron chi connectivity index (χ4n) is 4.61. The van der Waals surface area contributed by atoms with Gasteiger partial charge in [0.1, 0.15) is 6.54 Å². The Morgan fingerprint density at radius 2 is 1.72 bits per heavy atom. The summed E-state index contributed by atoms with van der Waals surface area (Å²) in [4.78, 5) is 34.7. The summed E-state index contributed by atoms with van der Waals surface area (Å²) in [5.74, 6) is -0.393. The first kappa shape index (κ1) is 18.1. The molecule has 3 aliphatic rings. The van der Waals surface area contributed by atoms with Gasteiger partial charge in [0.15, 0.2) is 6.23 Å². The van der Waals surface area contributed by atoms with E-state index >= 15 is 0 Å². The molecule has 2 aromatic carbocycles. The molecule has 5 rings (SSSR count). The van der Waals surface area contributed by atoms with Crippen molar-refractivity contribution in [3.05, 3.63) is 65.7 Å². The molecule has 1 amide bonds. The van der Waals surface area contributed by atoms with Crippen LogP contribution >= 0.6 is 0 Å². The summed E-state index contributed by atoms with van der Waals surface area (Å²) >= 11 is 0. The van der Waals surface area contributed by atoms with Crippen molar-refractivity contribution in [3.63, 3.8) is 0 Å². The van der Waals surface area contributed by atoms with Gasteiger partial charge in [-0.05, 0) is 25.5 Å². The number of anilines is 1. The Balaban J connectivity index is 1.68. The second-order valence-electron chi connectivity index (χ2n) is 7.68. The summed E-state index contributed by atoms with van der Waals surface area (Å²) in [7, 11) is 0. The number of carbonyl (C=O) groups is 2. The number of aliphatic imine (C=N–C) groups is 1. The number of nitrogens with zero attached hydrogens (tertiary/aromatic N) is 3. The minimum Gasteiger partial charge on any atom is -0.440 e. The molecule has 0 spiro atoms. The van der Waals surface area contributed by atoms with Crippen molar-refractivity contribution in [3.8, 4) is 0 Å². The van der Waals surface area contributed by atoms with E-state index in [0.29, 0.717) is 12.1 Å². The highest BCUT2D eigenvalue weighted by Crippen LogP contribution is 2.33. The molecule has 0 saturated carbocycles. The first-order valence-electron chi connectivity index (χ1n) is 10.2. The zero-order valence-corrected chi connectivity index (χ0v) is 16.2. The van der Waals surface area contributed by atoms with Gasteiger partial charge in [-0.25, -0.2) is 4.79 Å². The fourth-order valence-corrected chi connectivity index (χ4v) is 4.61. The van der Waals surface area contributed by atoms with Crippen LogP contribution in [0, 0.1) is 0 Å². The third-order valence-electron chi connectivity index (χ3n) is 5.94. The van der Waals surface area contributed by atoms with Crippen LogP contribution in [0.2, 0.25) is 0 Å². The Labute approximate surface area is 169 Å². The van der Waals surface area contributed by atoms with Crippen LogP contribution in [0.15, 0.2) is 59.6 Å². The maximum absolute atomic E-state index is 13.6. The molecular formula is C23H23N3O3.